The molecule has 27 heavy (non-hydrogen) atoms. The van der Waals surface area contributed by atoms with Gasteiger partial charge in [0.25, 0.3) is 5.91 Å². The van der Waals surface area contributed by atoms with E-state index >= 15 is 0 Å². The molecule has 138 valence electrons. The third kappa shape index (κ3) is 3.36. The summed E-state index contributed by atoms with van der Waals surface area (Å²) in [5, 5.41) is 8.10. The van der Waals surface area contributed by atoms with Crippen LogP contribution in [-0.4, -0.2) is 46.1 Å². The van der Waals surface area contributed by atoms with Crippen molar-refractivity contribution in [2.45, 2.75) is 13.0 Å². The van der Waals surface area contributed by atoms with Crippen LogP contribution in [0.25, 0.3) is 5.69 Å². The summed E-state index contributed by atoms with van der Waals surface area (Å²) >= 11 is 0. The van der Waals surface area contributed by atoms with Gasteiger partial charge in [-0.25, -0.2) is 4.68 Å². The Morgan fingerprint density at radius 1 is 1.11 bits per heavy atom. The number of fused-ring (bicyclic) bond motifs is 1. The Bertz CT molecular complexity index is 955. The lowest BCUT2D eigenvalue weighted by Gasteiger charge is -2.26. The van der Waals surface area contributed by atoms with E-state index in [-0.39, 0.29) is 11.9 Å². The number of rotatable bonds is 4. The van der Waals surface area contributed by atoms with Crippen LogP contribution in [0.3, 0.4) is 0 Å². The number of para-hydroxylation sites is 1. The average Bonchev–Trinajstić information content (AvgIpc) is 3.22. The van der Waals surface area contributed by atoms with Crippen LogP contribution in [0.2, 0.25) is 0 Å². The lowest BCUT2D eigenvalue weighted by Crippen LogP contribution is -2.30. The molecule has 0 bridgehead atoms. The lowest BCUT2D eigenvalue weighted by atomic mass is 10.1. The molecule has 4 rings (SSSR count). The van der Waals surface area contributed by atoms with Gasteiger partial charge in [-0.15, -0.1) is 5.10 Å². The van der Waals surface area contributed by atoms with E-state index in [1.165, 1.54) is 0 Å². The van der Waals surface area contributed by atoms with Crippen molar-refractivity contribution in [2.24, 2.45) is 0 Å². The number of carbonyl (C=O) groups excluding carboxylic acids is 1. The number of hydrogen-bond donors (Lipinski definition) is 0. The summed E-state index contributed by atoms with van der Waals surface area (Å²) in [6.45, 7) is 3.05. The maximum Gasteiger partial charge on any atom is 0.276 e. The molecule has 0 saturated carbocycles. The van der Waals surface area contributed by atoms with Gasteiger partial charge in [0, 0.05) is 7.05 Å². The van der Waals surface area contributed by atoms with E-state index in [0.29, 0.717) is 24.7 Å². The van der Waals surface area contributed by atoms with Gasteiger partial charge in [0.05, 0.1) is 17.9 Å². The van der Waals surface area contributed by atoms with Crippen LogP contribution in [0.5, 0.6) is 11.5 Å². The molecule has 1 aliphatic heterocycles. The molecule has 1 amide bonds. The van der Waals surface area contributed by atoms with Crippen molar-refractivity contribution in [1.29, 1.82) is 0 Å². The molecule has 1 aromatic heterocycles. The van der Waals surface area contributed by atoms with E-state index in [1.807, 2.05) is 55.5 Å². The highest BCUT2D eigenvalue weighted by Crippen LogP contribution is 2.34. The summed E-state index contributed by atoms with van der Waals surface area (Å²) in [6, 6.07) is 15.2. The lowest BCUT2D eigenvalue weighted by molar-refractivity contribution is 0.0736. The normalized spacial score (nSPS) is 13.9. The maximum atomic E-state index is 12.8. The van der Waals surface area contributed by atoms with E-state index < -0.39 is 0 Å². The van der Waals surface area contributed by atoms with E-state index in [0.717, 1.165) is 17.0 Å². The second-order valence-corrected chi connectivity index (χ2v) is 6.38. The van der Waals surface area contributed by atoms with Gasteiger partial charge in [-0.05, 0) is 36.8 Å². The molecule has 0 spiro atoms. The topological polar surface area (TPSA) is 69.5 Å². The molecule has 2 aromatic carbocycles. The van der Waals surface area contributed by atoms with Gasteiger partial charge in [-0.2, -0.15) is 0 Å². The highest BCUT2D eigenvalue weighted by atomic mass is 16.6. The van der Waals surface area contributed by atoms with Crippen molar-refractivity contribution < 1.29 is 14.3 Å². The Hall–Kier alpha value is -3.35. The summed E-state index contributed by atoms with van der Waals surface area (Å²) in [4.78, 5) is 14.5. The highest BCUT2D eigenvalue weighted by Gasteiger charge is 2.23. The monoisotopic (exact) mass is 364 g/mol. The van der Waals surface area contributed by atoms with Crippen molar-refractivity contribution in [2.75, 3.05) is 20.3 Å². The fourth-order valence-corrected chi connectivity index (χ4v) is 2.97. The van der Waals surface area contributed by atoms with Crippen LogP contribution in [0, 0.1) is 0 Å². The molecule has 0 saturated heterocycles. The summed E-state index contributed by atoms with van der Waals surface area (Å²) in [6.07, 6.45) is 1.64. The third-order valence-electron chi connectivity index (χ3n) is 4.68. The third-order valence-corrected chi connectivity index (χ3v) is 4.68. The van der Waals surface area contributed by atoms with E-state index in [1.54, 1.807) is 22.8 Å². The number of amides is 1. The zero-order chi connectivity index (χ0) is 18.8. The zero-order valence-corrected chi connectivity index (χ0v) is 15.2. The first kappa shape index (κ1) is 17.1. The Morgan fingerprint density at radius 3 is 2.63 bits per heavy atom. The zero-order valence-electron chi connectivity index (χ0n) is 15.2. The number of carbonyl (C=O) groups is 1. The number of aromatic nitrogens is 3. The van der Waals surface area contributed by atoms with E-state index in [9.17, 15) is 4.79 Å². The minimum atomic E-state index is -0.195. The first-order valence-electron chi connectivity index (χ1n) is 8.78. The van der Waals surface area contributed by atoms with Gasteiger partial charge in [0.15, 0.2) is 17.2 Å². The van der Waals surface area contributed by atoms with Gasteiger partial charge in [0.1, 0.15) is 13.2 Å². The molecule has 7 heteroatoms. The molecule has 7 nitrogen and oxygen atoms in total. The summed E-state index contributed by atoms with van der Waals surface area (Å²) < 4.78 is 12.8. The van der Waals surface area contributed by atoms with Crippen LogP contribution in [-0.2, 0) is 0 Å². The Kier molecular flexibility index (Phi) is 4.50. The van der Waals surface area contributed by atoms with Crippen LogP contribution in [0.4, 0.5) is 0 Å². The van der Waals surface area contributed by atoms with Gasteiger partial charge in [-0.3, -0.25) is 4.79 Å². The summed E-state index contributed by atoms with van der Waals surface area (Å²) in [7, 11) is 1.76. The molecule has 2 heterocycles. The quantitative estimate of drug-likeness (QED) is 0.712. The largest absolute Gasteiger partial charge is 0.486 e. The molecule has 0 radical (unpaired) electrons. The van der Waals surface area contributed by atoms with Crippen LogP contribution in [0.15, 0.2) is 54.7 Å². The Morgan fingerprint density at radius 2 is 1.85 bits per heavy atom. The number of nitrogens with zero attached hydrogens (tertiary/aromatic N) is 4. The van der Waals surface area contributed by atoms with Crippen molar-refractivity contribution in [3.8, 4) is 17.2 Å². The molecule has 0 fully saturated rings. The number of hydrogen-bond acceptors (Lipinski definition) is 5. The second kappa shape index (κ2) is 7.11. The smallest absolute Gasteiger partial charge is 0.276 e. The first-order chi connectivity index (χ1) is 13.1. The minimum Gasteiger partial charge on any atom is -0.486 e. The van der Waals surface area contributed by atoms with Gasteiger partial charge >= 0.3 is 0 Å². The van der Waals surface area contributed by atoms with Gasteiger partial charge in [0.2, 0.25) is 0 Å². The standard InChI is InChI=1S/C20H20N4O3/c1-14(15-8-9-18-19(12-15)27-11-10-26-18)23(2)20(25)17-13-24(22-21-17)16-6-4-3-5-7-16/h3-9,12-14H,10-11H2,1-2H3/t14-/m0/s1. The van der Waals surface area contributed by atoms with Gasteiger partial charge < -0.3 is 14.4 Å². The van der Waals surface area contributed by atoms with Crippen molar-refractivity contribution in [3.05, 3.63) is 66.0 Å². The first-order valence-corrected chi connectivity index (χ1v) is 8.78. The van der Waals surface area contributed by atoms with E-state index in [4.69, 9.17) is 9.47 Å². The molecular formula is C20H20N4O3. The second-order valence-electron chi connectivity index (χ2n) is 6.38. The Balaban J connectivity index is 1.53. The molecule has 1 aliphatic rings. The molecule has 3 aromatic rings. The van der Waals surface area contributed by atoms with Crippen molar-refractivity contribution in [1.82, 2.24) is 19.9 Å². The fraction of sp³-hybridized carbons (Fsp3) is 0.250. The summed E-state index contributed by atoms with van der Waals surface area (Å²) in [5.41, 5.74) is 2.11. The highest BCUT2D eigenvalue weighted by molar-refractivity contribution is 5.92. The average molecular weight is 364 g/mol. The minimum absolute atomic E-state index is 0.157. The van der Waals surface area contributed by atoms with Crippen molar-refractivity contribution in [3.63, 3.8) is 0 Å². The van der Waals surface area contributed by atoms with Crippen LogP contribution in [0.1, 0.15) is 29.0 Å². The molecule has 0 aliphatic carbocycles. The Labute approximate surface area is 157 Å². The SMILES string of the molecule is C[C@@H](c1ccc2c(c1)OCCO2)N(C)C(=O)c1cn(-c2ccccc2)nn1. The molecule has 0 N–H and O–H groups in total. The predicted octanol–water partition coefficient (Wildman–Crippen LogP) is 2.87. The number of ether oxygens (including phenoxy) is 2. The van der Waals surface area contributed by atoms with E-state index in [2.05, 4.69) is 10.3 Å². The predicted molar refractivity (Wildman–Crippen MR) is 99.3 cm³/mol. The fourth-order valence-electron chi connectivity index (χ4n) is 2.97. The van der Waals surface area contributed by atoms with Crippen molar-refractivity contribution >= 4 is 5.91 Å². The van der Waals surface area contributed by atoms with Crippen LogP contribution >= 0.6 is 0 Å². The number of benzene rings is 2. The molecule has 0 unspecified atom stereocenters. The van der Waals surface area contributed by atoms with Crippen LogP contribution < -0.4 is 9.47 Å². The summed E-state index contributed by atoms with van der Waals surface area (Å²) in [5.74, 6) is 1.25. The molecular weight excluding hydrogens is 344 g/mol. The molecule has 1 atom stereocenters. The van der Waals surface area contributed by atoms with Gasteiger partial charge in [-0.1, -0.05) is 29.5 Å². The maximum absolute atomic E-state index is 12.8.